The Morgan fingerprint density at radius 1 is 1.09 bits per heavy atom. The zero-order valence-electron chi connectivity index (χ0n) is 19.0. The van der Waals surface area contributed by atoms with Gasteiger partial charge in [-0.1, -0.05) is 13.8 Å². The summed E-state index contributed by atoms with van der Waals surface area (Å²) in [6.45, 7) is 4.40. The van der Waals surface area contributed by atoms with Crippen LogP contribution in [0.5, 0.6) is 0 Å². The van der Waals surface area contributed by atoms with E-state index in [9.17, 15) is 27.1 Å². The molecule has 0 unspecified atom stereocenters. The average molecular weight is 486 g/mol. The van der Waals surface area contributed by atoms with E-state index in [-0.39, 0.29) is 41.1 Å². The summed E-state index contributed by atoms with van der Waals surface area (Å²) < 4.78 is 69.2. The van der Waals surface area contributed by atoms with Crippen LogP contribution in [0.4, 0.5) is 27.8 Å². The van der Waals surface area contributed by atoms with Crippen molar-refractivity contribution in [2.24, 2.45) is 5.92 Å². The second-order valence-electron chi connectivity index (χ2n) is 10.5. The summed E-state index contributed by atoms with van der Waals surface area (Å²) in [5.74, 6) is -2.97. The summed E-state index contributed by atoms with van der Waals surface area (Å²) in [5.41, 5.74) is 4.42. The highest BCUT2D eigenvalue weighted by molar-refractivity contribution is 5.62. The summed E-state index contributed by atoms with van der Waals surface area (Å²) in [7, 11) is 0. The van der Waals surface area contributed by atoms with Crippen LogP contribution in [0.3, 0.4) is 0 Å². The number of imidazole rings is 1. The molecule has 11 heteroatoms. The Labute approximate surface area is 194 Å². The Morgan fingerprint density at radius 2 is 1.71 bits per heavy atom. The number of aliphatic hydroxyl groups is 1. The van der Waals surface area contributed by atoms with Crippen molar-refractivity contribution in [3.63, 3.8) is 0 Å². The molecule has 6 rings (SSSR count). The first-order chi connectivity index (χ1) is 15.8. The first-order valence-electron chi connectivity index (χ1n) is 11.5. The maximum Gasteiger partial charge on any atom is 0.419 e. The van der Waals surface area contributed by atoms with Crippen LogP contribution < -0.4 is 5.73 Å². The molecule has 4 fully saturated rings. The number of aromatic nitrogens is 3. The summed E-state index contributed by atoms with van der Waals surface area (Å²) in [6, 6.07) is 0.929. The molecule has 3 aliphatic carbocycles. The van der Waals surface area contributed by atoms with Gasteiger partial charge >= 0.3 is 6.18 Å². The van der Waals surface area contributed by atoms with E-state index in [4.69, 9.17) is 5.73 Å². The Bertz CT molecular complexity index is 1080. The number of nitrogen functional groups attached to an aromatic ring is 1. The number of alkyl halides is 5. The lowest BCUT2D eigenvalue weighted by atomic mass is 9.43. The summed E-state index contributed by atoms with van der Waals surface area (Å²) in [4.78, 5) is 10.4. The fraction of sp³-hybridized carbons (Fsp3) is 0.652. The van der Waals surface area contributed by atoms with Crippen LogP contribution in [0.15, 0.2) is 18.5 Å². The van der Waals surface area contributed by atoms with Crippen molar-refractivity contribution in [2.75, 3.05) is 18.8 Å². The third kappa shape index (κ3) is 3.59. The van der Waals surface area contributed by atoms with Crippen LogP contribution >= 0.6 is 0 Å². The molecule has 0 amide bonds. The molecule has 186 valence electrons. The van der Waals surface area contributed by atoms with Gasteiger partial charge in [-0.2, -0.15) is 13.2 Å². The van der Waals surface area contributed by atoms with Crippen molar-refractivity contribution in [3.8, 4) is 11.3 Å². The Balaban J connectivity index is 1.45. The van der Waals surface area contributed by atoms with Gasteiger partial charge in [0.2, 0.25) is 0 Å². The van der Waals surface area contributed by atoms with Crippen LogP contribution in [-0.4, -0.2) is 49.1 Å². The number of rotatable bonds is 5. The minimum Gasteiger partial charge on any atom is -0.385 e. The van der Waals surface area contributed by atoms with Crippen molar-refractivity contribution in [1.29, 1.82) is 0 Å². The van der Waals surface area contributed by atoms with Gasteiger partial charge in [-0.25, -0.2) is 18.7 Å². The van der Waals surface area contributed by atoms with Crippen molar-refractivity contribution in [2.45, 2.75) is 75.2 Å². The van der Waals surface area contributed by atoms with Gasteiger partial charge in [-0.05, 0) is 31.2 Å². The summed E-state index contributed by atoms with van der Waals surface area (Å²) in [6.07, 6.45) is -0.674. The largest absolute Gasteiger partial charge is 0.419 e. The molecular weight excluding hydrogens is 457 g/mol. The molecule has 2 bridgehead atoms. The lowest BCUT2D eigenvalue weighted by Crippen LogP contribution is -2.79. The fourth-order valence-corrected chi connectivity index (χ4v) is 5.84. The topological polar surface area (TPSA) is 80.2 Å². The third-order valence-electron chi connectivity index (χ3n) is 7.80. The highest BCUT2D eigenvalue weighted by Gasteiger charge is 2.72. The lowest BCUT2D eigenvalue weighted by Gasteiger charge is -2.75. The first kappa shape index (κ1) is 23.5. The molecule has 1 saturated heterocycles. The zero-order valence-corrected chi connectivity index (χ0v) is 19.0. The van der Waals surface area contributed by atoms with Gasteiger partial charge in [-0.3, -0.25) is 4.90 Å². The number of piperidine rings is 1. The second kappa shape index (κ2) is 7.36. The number of anilines is 1. The van der Waals surface area contributed by atoms with Crippen LogP contribution in [0.2, 0.25) is 0 Å². The minimum atomic E-state index is -4.65. The Hall–Kier alpha value is -2.27. The minimum absolute atomic E-state index is 0.118. The van der Waals surface area contributed by atoms with E-state index in [1.165, 1.54) is 6.20 Å². The molecule has 0 spiro atoms. The Kier molecular flexibility index (Phi) is 5.08. The highest BCUT2D eigenvalue weighted by atomic mass is 19.4. The van der Waals surface area contributed by atoms with E-state index in [0.29, 0.717) is 18.9 Å². The van der Waals surface area contributed by atoms with Gasteiger partial charge in [0.1, 0.15) is 17.7 Å². The fourth-order valence-electron chi connectivity index (χ4n) is 5.84. The number of hydrogen-bond acceptors (Lipinski definition) is 5. The molecule has 3 heterocycles. The lowest BCUT2D eigenvalue weighted by molar-refractivity contribution is -0.224. The van der Waals surface area contributed by atoms with E-state index in [0.717, 1.165) is 25.3 Å². The summed E-state index contributed by atoms with van der Waals surface area (Å²) in [5, 5.41) is 10.8. The monoisotopic (exact) mass is 485 g/mol. The van der Waals surface area contributed by atoms with Crippen LogP contribution in [0, 0.1) is 5.92 Å². The smallest absolute Gasteiger partial charge is 0.385 e. The number of aliphatic hydroxyl groups excluding tert-OH is 1. The van der Waals surface area contributed by atoms with Gasteiger partial charge in [-0.15, -0.1) is 0 Å². The first-order valence-corrected chi connectivity index (χ1v) is 11.5. The van der Waals surface area contributed by atoms with Gasteiger partial charge < -0.3 is 15.4 Å². The second-order valence-corrected chi connectivity index (χ2v) is 10.5. The van der Waals surface area contributed by atoms with Crippen LogP contribution in [0.1, 0.15) is 63.4 Å². The van der Waals surface area contributed by atoms with E-state index < -0.39 is 29.6 Å². The van der Waals surface area contributed by atoms with Gasteiger partial charge in [0.25, 0.3) is 5.92 Å². The number of nitrogens with two attached hydrogens (primary N) is 1. The molecule has 3 N–H and O–H groups in total. The molecule has 4 aliphatic rings. The maximum atomic E-state index is 13.6. The van der Waals surface area contributed by atoms with E-state index in [1.54, 1.807) is 6.20 Å². The molecule has 34 heavy (non-hydrogen) atoms. The SMILES string of the molecule is CC(C)[C@H](O)c1nc(-c2cnc(N)c(C(F)(F)F)c2)cn1C12CC(N3CCC(F)(F)CC3)(C1)C2. The van der Waals surface area contributed by atoms with Crippen molar-refractivity contribution in [3.05, 3.63) is 29.8 Å². The summed E-state index contributed by atoms with van der Waals surface area (Å²) >= 11 is 0. The molecular formula is C23H28F5N5O. The predicted octanol–water partition coefficient (Wildman–Crippen LogP) is 4.60. The molecule has 3 saturated carbocycles. The van der Waals surface area contributed by atoms with E-state index in [1.807, 2.05) is 18.4 Å². The number of pyridine rings is 1. The third-order valence-corrected chi connectivity index (χ3v) is 7.80. The average Bonchev–Trinajstić information content (AvgIpc) is 3.11. The van der Waals surface area contributed by atoms with E-state index >= 15 is 0 Å². The molecule has 0 radical (unpaired) electrons. The molecule has 2 aromatic heterocycles. The zero-order chi connectivity index (χ0) is 24.7. The maximum absolute atomic E-state index is 13.6. The number of nitrogens with zero attached hydrogens (tertiary/aromatic N) is 4. The van der Waals surface area contributed by atoms with Gasteiger partial charge in [0.15, 0.2) is 0 Å². The van der Waals surface area contributed by atoms with Crippen molar-refractivity contribution >= 4 is 5.82 Å². The molecule has 0 aromatic carbocycles. The quantitative estimate of drug-likeness (QED) is 0.606. The van der Waals surface area contributed by atoms with Gasteiger partial charge in [0, 0.05) is 49.4 Å². The highest BCUT2D eigenvalue weighted by Crippen LogP contribution is 2.69. The predicted molar refractivity (Wildman–Crippen MR) is 115 cm³/mol. The molecule has 1 atom stereocenters. The van der Waals surface area contributed by atoms with Crippen molar-refractivity contribution in [1.82, 2.24) is 19.4 Å². The van der Waals surface area contributed by atoms with Gasteiger partial charge in [0.05, 0.1) is 16.8 Å². The normalized spacial score (nSPS) is 29.6. The van der Waals surface area contributed by atoms with Crippen LogP contribution in [-0.2, 0) is 11.7 Å². The van der Waals surface area contributed by atoms with Crippen LogP contribution in [0.25, 0.3) is 11.3 Å². The van der Waals surface area contributed by atoms with E-state index in [2.05, 4.69) is 14.9 Å². The standard InChI is InChI=1S/C23H28F5N5O/c1-13(2)17(34)19-31-16(14-7-15(23(26,27)28)18(29)30-8-14)9-33(19)21-10-20(11-21,12-21)32-5-3-22(24,25)4-6-32/h7-9,13,17,34H,3-6,10-12H2,1-2H3,(H2,29,30)/t17-,20?,21?/m0/s1. The molecule has 1 aliphatic heterocycles. The number of halogens is 5. The van der Waals surface area contributed by atoms with Crippen molar-refractivity contribution < 1.29 is 27.1 Å². The molecule has 6 nitrogen and oxygen atoms in total. The molecule has 2 aromatic rings. The number of likely N-dealkylation sites (tertiary alicyclic amines) is 1. The Morgan fingerprint density at radius 3 is 2.26 bits per heavy atom. The number of hydrogen-bond donors (Lipinski definition) is 2.